The Bertz CT molecular complexity index is 616. The third-order valence-corrected chi connectivity index (χ3v) is 5.19. The van der Waals surface area contributed by atoms with Crippen LogP contribution in [0.15, 0.2) is 29.2 Å². The topological polar surface area (TPSA) is 78.5 Å². The zero-order valence-electron chi connectivity index (χ0n) is 12.3. The van der Waals surface area contributed by atoms with E-state index < -0.39 is 10.0 Å². The van der Waals surface area contributed by atoms with Gasteiger partial charge >= 0.3 is 0 Å². The van der Waals surface area contributed by atoms with Crippen LogP contribution in [0.25, 0.3) is 0 Å². The molecular formula is C14H21N3O3S. The molecule has 116 valence electrons. The van der Waals surface area contributed by atoms with Crippen LogP contribution in [0.1, 0.15) is 23.2 Å². The summed E-state index contributed by atoms with van der Waals surface area (Å²) in [5.41, 5.74) is 0.406. The number of piperidine rings is 1. The van der Waals surface area contributed by atoms with E-state index in [1.807, 2.05) is 7.05 Å². The molecule has 0 bridgehead atoms. The lowest BCUT2D eigenvalue weighted by molar-refractivity contribution is 0.0698. The quantitative estimate of drug-likeness (QED) is 0.845. The zero-order chi connectivity index (χ0) is 15.5. The SMILES string of the molecule is CNC1CCCN(C(=O)c2cccc(S(=O)(=O)NC)c2)C1. The molecule has 1 fully saturated rings. The number of sulfonamides is 1. The first-order valence-electron chi connectivity index (χ1n) is 6.98. The minimum absolute atomic E-state index is 0.109. The monoisotopic (exact) mass is 311 g/mol. The Balaban J connectivity index is 2.22. The summed E-state index contributed by atoms with van der Waals surface area (Å²) in [6, 6.07) is 6.45. The summed E-state index contributed by atoms with van der Waals surface area (Å²) in [7, 11) is -0.293. The van der Waals surface area contributed by atoms with E-state index in [-0.39, 0.29) is 10.8 Å². The number of rotatable bonds is 4. The molecule has 7 heteroatoms. The number of likely N-dealkylation sites (N-methyl/N-ethyl adjacent to an activating group) is 1. The molecule has 6 nitrogen and oxygen atoms in total. The van der Waals surface area contributed by atoms with Crippen molar-refractivity contribution < 1.29 is 13.2 Å². The zero-order valence-corrected chi connectivity index (χ0v) is 13.1. The Morgan fingerprint density at radius 1 is 1.33 bits per heavy atom. The smallest absolute Gasteiger partial charge is 0.253 e. The molecule has 21 heavy (non-hydrogen) atoms. The van der Waals surface area contributed by atoms with Gasteiger partial charge in [0.1, 0.15) is 0 Å². The lowest BCUT2D eigenvalue weighted by atomic mass is 10.0. The number of benzene rings is 1. The van der Waals surface area contributed by atoms with Gasteiger partial charge in [-0.3, -0.25) is 4.79 Å². The first-order valence-corrected chi connectivity index (χ1v) is 8.46. The number of hydrogen-bond acceptors (Lipinski definition) is 4. The van der Waals surface area contributed by atoms with Gasteiger partial charge in [-0.05, 0) is 45.1 Å². The molecule has 1 atom stereocenters. The minimum Gasteiger partial charge on any atom is -0.337 e. The number of likely N-dealkylation sites (tertiary alicyclic amines) is 1. The fraction of sp³-hybridized carbons (Fsp3) is 0.500. The molecule has 1 aliphatic rings. The number of carbonyl (C=O) groups excluding carboxylic acids is 1. The normalized spacial score (nSPS) is 19.5. The first-order chi connectivity index (χ1) is 9.97. The van der Waals surface area contributed by atoms with Crippen LogP contribution in [-0.4, -0.2) is 52.5 Å². The average molecular weight is 311 g/mol. The molecule has 1 unspecified atom stereocenters. The van der Waals surface area contributed by atoms with Crippen LogP contribution in [-0.2, 0) is 10.0 Å². The highest BCUT2D eigenvalue weighted by Crippen LogP contribution is 2.16. The number of nitrogens with one attached hydrogen (secondary N) is 2. The fourth-order valence-corrected chi connectivity index (χ4v) is 3.27. The lowest BCUT2D eigenvalue weighted by Crippen LogP contribution is -2.47. The van der Waals surface area contributed by atoms with Crippen LogP contribution < -0.4 is 10.0 Å². The molecule has 0 spiro atoms. The maximum absolute atomic E-state index is 12.5. The largest absolute Gasteiger partial charge is 0.337 e. The highest BCUT2D eigenvalue weighted by Gasteiger charge is 2.24. The number of amides is 1. The predicted molar refractivity (Wildman–Crippen MR) is 80.7 cm³/mol. The van der Waals surface area contributed by atoms with Gasteiger partial charge in [0.2, 0.25) is 10.0 Å². The Kier molecular flexibility index (Phi) is 4.97. The van der Waals surface area contributed by atoms with Gasteiger partial charge in [-0.15, -0.1) is 0 Å². The van der Waals surface area contributed by atoms with E-state index in [0.29, 0.717) is 24.7 Å². The number of hydrogen-bond donors (Lipinski definition) is 2. The van der Waals surface area contributed by atoms with Gasteiger partial charge in [-0.25, -0.2) is 13.1 Å². The third-order valence-electron chi connectivity index (χ3n) is 3.78. The molecule has 1 aliphatic heterocycles. The van der Waals surface area contributed by atoms with Gasteiger partial charge in [0, 0.05) is 24.7 Å². The van der Waals surface area contributed by atoms with Crippen molar-refractivity contribution >= 4 is 15.9 Å². The van der Waals surface area contributed by atoms with Gasteiger partial charge in [0.05, 0.1) is 4.90 Å². The highest BCUT2D eigenvalue weighted by molar-refractivity contribution is 7.89. The molecule has 0 aromatic heterocycles. The van der Waals surface area contributed by atoms with Crippen molar-refractivity contribution in [3.63, 3.8) is 0 Å². The first kappa shape index (κ1) is 15.9. The Hall–Kier alpha value is -1.44. The molecule has 1 amide bonds. The fourth-order valence-electron chi connectivity index (χ4n) is 2.49. The van der Waals surface area contributed by atoms with Gasteiger partial charge in [0.25, 0.3) is 5.91 Å². The molecule has 2 rings (SSSR count). The van der Waals surface area contributed by atoms with E-state index >= 15 is 0 Å². The Morgan fingerprint density at radius 3 is 2.76 bits per heavy atom. The summed E-state index contributed by atoms with van der Waals surface area (Å²) in [4.78, 5) is 14.4. The maximum atomic E-state index is 12.5. The van der Waals surface area contributed by atoms with Crippen LogP contribution in [0, 0.1) is 0 Å². The molecule has 0 aliphatic carbocycles. The molecule has 1 heterocycles. The van der Waals surface area contributed by atoms with Gasteiger partial charge in [0.15, 0.2) is 0 Å². The van der Waals surface area contributed by atoms with E-state index in [4.69, 9.17) is 0 Å². The van der Waals surface area contributed by atoms with Crippen LogP contribution >= 0.6 is 0 Å². The van der Waals surface area contributed by atoms with Crippen LogP contribution in [0.2, 0.25) is 0 Å². The number of nitrogens with zero attached hydrogens (tertiary/aromatic N) is 1. The molecular weight excluding hydrogens is 290 g/mol. The van der Waals surface area contributed by atoms with Crippen molar-refractivity contribution in [3.05, 3.63) is 29.8 Å². The maximum Gasteiger partial charge on any atom is 0.253 e. The lowest BCUT2D eigenvalue weighted by Gasteiger charge is -2.32. The van der Waals surface area contributed by atoms with Gasteiger partial charge in [-0.2, -0.15) is 0 Å². The summed E-state index contributed by atoms with van der Waals surface area (Å²) in [5.74, 6) is -0.122. The van der Waals surface area contributed by atoms with Crippen LogP contribution in [0.3, 0.4) is 0 Å². The van der Waals surface area contributed by atoms with E-state index in [2.05, 4.69) is 10.0 Å². The van der Waals surface area contributed by atoms with Crippen molar-refractivity contribution in [1.82, 2.24) is 14.9 Å². The van der Waals surface area contributed by atoms with Crippen molar-refractivity contribution in [3.8, 4) is 0 Å². The van der Waals surface area contributed by atoms with E-state index in [9.17, 15) is 13.2 Å². The van der Waals surface area contributed by atoms with E-state index in [1.165, 1.54) is 19.2 Å². The summed E-state index contributed by atoms with van der Waals surface area (Å²) >= 11 is 0. The minimum atomic E-state index is -3.53. The molecule has 2 N–H and O–H groups in total. The van der Waals surface area contributed by atoms with Gasteiger partial charge < -0.3 is 10.2 Å². The summed E-state index contributed by atoms with van der Waals surface area (Å²) < 4.78 is 25.9. The second-order valence-electron chi connectivity index (χ2n) is 5.11. The van der Waals surface area contributed by atoms with Crippen LogP contribution in [0.4, 0.5) is 0 Å². The summed E-state index contributed by atoms with van der Waals surface area (Å²) in [6.45, 7) is 1.36. The molecule has 1 saturated heterocycles. The Morgan fingerprint density at radius 2 is 2.10 bits per heavy atom. The number of carbonyl (C=O) groups is 1. The average Bonchev–Trinajstić information content (AvgIpc) is 2.54. The molecule has 0 radical (unpaired) electrons. The second kappa shape index (κ2) is 6.55. The third kappa shape index (κ3) is 3.61. The van der Waals surface area contributed by atoms with E-state index in [0.717, 1.165) is 12.8 Å². The molecule has 0 saturated carbocycles. The van der Waals surface area contributed by atoms with Crippen molar-refractivity contribution in [2.45, 2.75) is 23.8 Å². The summed E-state index contributed by atoms with van der Waals surface area (Å²) in [5, 5.41) is 3.19. The Labute approximate surface area is 125 Å². The highest BCUT2D eigenvalue weighted by atomic mass is 32.2. The predicted octanol–water partition coefficient (Wildman–Crippen LogP) is 0.419. The molecule has 1 aromatic rings. The standard InChI is InChI=1S/C14H21N3O3S/c1-15-12-6-4-8-17(10-12)14(18)11-5-3-7-13(9-11)21(19,20)16-2/h3,5,7,9,12,15-16H,4,6,8,10H2,1-2H3. The van der Waals surface area contributed by atoms with Crippen molar-refractivity contribution in [2.24, 2.45) is 0 Å². The van der Waals surface area contributed by atoms with Gasteiger partial charge in [-0.1, -0.05) is 6.07 Å². The summed E-state index contributed by atoms with van der Waals surface area (Å²) in [6.07, 6.45) is 2.00. The van der Waals surface area contributed by atoms with Crippen molar-refractivity contribution in [1.29, 1.82) is 0 Å². The van der Waals surface area contributed by atoms with E-state index in [1.54, 1.807) is 17.0 Å². The van der Waals surface area contributed by atoms with Crippen molar-refractivity contribution in [2.75, 3.05) is 27.2 Å². The second-order valence-corrected chi connectivity index (χ2v) is 7.00. The van der Waals surface area contributed by atoms with Crippen LogP contribution in [0.5, 0.6) is 0 Å². The molecule has 1 aromatic carbocycles.